The average molecular weight is 904 g/mol. The predicted octanol–water partition coefficient (Wildman–Crippen LogP) is 11.7. The highest BCUT2D eigenvalue weighted by molar-refractivity contribution is 6.07. The van der Waals surface area contributed by atoms with Gasteiger partial charge >= 0.3 is 11.9 Å². The Morgan fingerprint density at radius 2 is 1.72 bits per heavy atom. The minimum atomic E-state index is -0.832. The maximum absolute atomic E-state index is 15.0. The molecule has 67 heavy (non-hydrogen) atoms. The molecule has 2 saturated heterocycles. The zero-order valence-electron chi connectivity index (χ0n) is 40.4. The third-order valence-electron chi connectivity index (χ3n) is 17.4. The Bertz CT molecular complexity index is 2480. The summed E-state index contributed by atoms with van der Waals surface area (Å²) >= 11 is 0. The highest BCUT2D eigenvalue weighted by Gasteiger charge is 2.68. The molecule has 0 aromatic heterocycles. The first-order chi connectivity index (χ1) is 32.6. The van der Waals surface area contributed by atoms with Gasteiger partial charge in [-0.15, -0.1) is 0 Å². The molecule has 0 amide bonds. The third-order valence-corrected chi connectivity index (χ3v) is 17.4. The van der Waals surface area contributed by atoms with Crippen LogP contribution in [0.15, 0.2) is 113 Å². The lowest BCUT2D eigenvalue weighted by molar-refractivity contribution is -0.135. The first-order valence-corrected chi connectivity index (χ1v) is 26.0. The van der Waals surface area contributed by atoms with Gasteiger partial charge in [-0.25, -0.2) is 9.59 Å². The Hall–Kier alpha value is -4.76. The van der Waals surface area contributed by atoms with Crippen LogP contribution >= 0.6 is 0 Å². The number of hydrogen-bond acceptors (Lipinski definition) is 8. The number of fused-ring (bicyclic) bond motifs is 1. The summed E-state index contributed by atoms with van der Waals surface area (Å²) in [6, 6.07) is 24.7. The number of cyclic esters (lactones) is 2. The van der Waals surface area contributed by atoms with E-state index in [9.17, 15) is 9.90 Å². The molecule has 1 spiro atoms. The van der Waals surface area contributed by atoms with Crippen LogP contribution in [0.4, 0.5) is 0 Å². The molecule has 0 radical (unpaired) electrons. The molecular formula is C59H73N3O5. The Morgan fingerprint density at radius 3 is 2.51 bits per heavy atom. The standard InChI is InChI=1S/C59H73N3O5/c1-5-38(31-39-14-7-6-8-15-39)33-50-59-28-22-45(52(55(59)57(65)67-50)48-35-43(63)18-19-44(48)41-17-11-16-40(32-41)36-60-4)46-20-21-47-49(66-56(64)53(47)54(46)59)23-27-58(25-9-10-26-58)42-24-30-62-51(34-42)61-29-12-13-37(2)3/h6-8,11,14-19,23,32-33,35,37-38,42,45-46,51,54,60-63H,5,9-10,12-13,20-22,24-31,34,36H2,1-4H3/b49-23?,50-33-/t38-,42+,45+,46-,51-,54+,59+/m0/s1. The van der Waals surface area contributed by atoms with Crippen LogP contribution in [0.1, 0.15) is 127 Å². The number of phenols is 1. The van der Waals surface area contributed by atoms with E-state index >= 15 is 4.79 Å². The maximum atomic E-state index is 15.0. The number of aromatic hydroxyl groups is 1. The first kappa shape index (κ1) is 46.0. The van der Waals surface area contributed by atoms with E-state index in [0.29, 0.717) is 23.4 Å². The molecule has 3 aliphatic heterocycles. The zero-order chi connectivity index (χ0) is 46.3. The first-order valence-electron chi connectivity index (χ1n) is 26.0. The number of rotatable bonds is 16. The number of hydrogen-bond donors (Lipinski definition) is 4. The van der Waals surface area contributed by atoms with Crippen LogP contribution in [-0.4, -0.2) is 43.3 Å². The second kappa shape index (κ2) is 19.3. The molecule has 3 heterocycles. The van der Waals surface area contributed by atoms with Crippen LogP contribution in [0.2, 0.25) is 0 Å². The van der Waals surface area contributed by atoms with Gasteiger partial charge in [0.05, 0.1) is 17.2 Å². The fourth-order valence-corrected chi connectivity index (χ4v) is 14.3. The summed E-state index contributed by atoms with van der Waals surface area (Å²) in [5.41, 5.74) is 8.22. The second-order valence-corrected chi connectivity index (χ2v) is 21.7. The number of phenolic OH excluding ortho intramolecular Hbond substituents is 1. The average Bonchev–Trinajstić information content (AvgIpc) is 4.04. The third kappa shape index (κ3) is 8.58. The van der Waals surface area contributed by atoms with Crippen molar-refractivity contribution in [2.24, 2.45) is 46.3 Å². The van der Waals surface area contributed by atoms with Crippen molar-refractivity contribution in [3.05, 3.63) is 130 Å². The zero-order valence-corrected chi connectivity index (χ0v) is 40.4. The molecule has 7 atom stereocenters. The van der Waals surface area contributed by atoms with Gasteiger partial charge in [0.2, 0.25) is 0 Å². The van der Waals surface area contributed by atoms with Crippen LogP contribution in [0.5, 0.6) is 5.75 Å². The summed E-state index contributed by atoms with van der Waals surface area (Å²) < 4.78 is 13.2. The van der Waals surface area contributed by atoms with E-state index in [4.69, 9.17) is 9.47 Å². The van der Waals surface area contributed by atoms with Gasteiger partial charge in [-0.1, -0.05) is 88.2 Å². The van der Waals surface area contributed by atoms with Crippen molar-refractivity contribution in [3.63, 3.8) is 0 Å². The number of nitrogens with one attached hydrogen (secondary N) is 3. The van der Waals surface area contributed by atoms with E-state index in [2.05, 4.69) is 103 Å². The molecule has 2 saturated carbocycles. The largest absolute Gasteiger partial charge is 0.508 e. The van der Waals surface area contributed by atoms with Gasteiger partial charge in [-0.05, 0) is 202 Å². The lowest BCUT2D eigenvalue weighted by Gasteiger charge is -2.56. The fourth-order valence-electron chi connectivity index (χ4n) is 14.3. The van der Waals surface area contributed by atoms with Gasteiger partial charge in [0.25, 0.3) is 0 Å². The summed E-state index contributed by atoms with van der Waals surface area (Å²) in [6.07, 6.45) is 20.5. The molecule has 354 valence electrons. The molecule has 5 aliphatic carbocycles. The Morgan fingerprint density at radius 1 is 0.896 bits per heavy atom. The predicted molar refractivity (Wildman–Crippen MR) is 266 cm³/mol. The number of piperidine rings is 1. The molecule has 11 rings (SSSR count). The van der Waals surface area contributed by atoms with Gasteiger partial charge in [-0.3, -0.25) is 0 Å². The van der Waals surface area contributed by atoms with Gasteiger partial charge in [0.15, 0.2) is 0 Å². The molecule has 2 bridgehead atoms. The molecule has 8 aliphatic rings. The molecule has 4 N–H and O–H groups in total. The van der Waals surface area contributed by atoms with Crippen molar-refractivity contribution < 1.29 is 24.2 Å². The second-order valence-electron chi connectivity index (χ2n) is 21.7. The van der Waals surface area contributed by atoms with Crippen molar-refractivity contribution in [1.82, 2.24) is 16.0 Å². The summed E-state index contributed by atoms with van der Waals surface area (Å²) in [4.78, 5) is 29.8. The van der Waals surface area contributed by atoms with Crippen LogP contribution in [0, 0.1) is 46.3 Å². The molecule has 4 fully saturated rings. The molecule has 3 aromatic rings. The number of benzene rings is 3. The van der Waals surface area contributed by atoms with Crippen molar-refractivity contribution in [2.45, 2.75) is 130 Å². The molecule has 8 heteroatoms. The normalized spacial score (nSPS) is 29.1. The van der Waals surface area contributed by atoms with E-state index in [1.165, 1.54) is 50.5 Å². The Labute approximate surface area is 399 Å². The Balaban J connectivity index is 1.05. The SMILES string of the molecule is CC[C@H](/C=C1\OC(=O)C2=C(c3cc(O)ccc3-c3cccc(CNC)c3)[C@@H]3CC[C@@]21[C@H]1C2=C(CC[C@@H]31)C(=CCC1([C@@H]3CCN[C@H](NCCCC(C)C)C3)CCCC1)OC2=O)Cc1ccccc1. The fraction of sp³-hybridized carbons (Fsp3) is 0.525. The van der Waals surface area contributed by atoms with Gasteiger partial charge < -0.3 is 30.5 Å². The topological polar surface area (TPSA) is 109 Å². The van der Waals surface area contributed by atoms with Gasteiger partial charge in [0.1, 0.15) is 17.3 Å². The highest BCUT2D eigenvalue weighted by atomic mass is 16.5. The van der Waals surface area contributed by atoms with E-state index in [1.807, 2.05) is 19.2 Å². The highest BCUT2D eigenvalue weighted by Crippen LogP contribution is 2.72. The number of carbonyl (C=O) groups is 2. The van der Waals surface area contributed by atoms with Crippen molar-refractivity contribution >= 4 is 17.5 Å². The lowest BCUT2D eigenvalue weighted by atomic mass is 9.44. The minimum absolute atomic E-state index is 0.00424. The summed E-state index contributed by atoms with van der Waals surface area (Å²) in [5.74, 6) is 2.42. The van der Waals surface area contributed by atoms with Crippen molar-refractivity contribution in [1.29, 1.82) is 0 Å². The summed E-state index contributed by atoms with van der Waals surface area (Å²) in [5, 5.41) is 22.2. The van der Waals surface area contributed by atoms with Crippen LogP contribution in [0.3, 0.4) is 0 Å². The number of carbonyl (C=O) groups excluding carboxylic acids is 2. The van der Waals surface area contributed by atoms with E-state index in [0.717, 1.165) is 122 Å². The maximum Gasteiger partial charge on any atom is 0.340 e. The van der Waals surface area contributed by atoms with E-state index < -0.39 is 5.41 Å². The molecule has 8 nitrogen and oxygen atoms in total. The van der Waals surface area contributed by atoms with Crippen LogP contribution < -0.4 is 16.0 Å². The summed E-state index contributed by atoms with van der Waals surface area (Å²) in [6.45, 7) is 9.63. The van der Waals surface area contributed by atoms with Gasteiger partial charge in [0, 0.05) is 23.6 Å². The number of esters is 2. The molecule has 0 unspecified atom stereocenters. The quantitative estimate of drug-likeness (QED) is 0.0831. The smallest absolute Gasteiger partial charge is 0.340 e. The Kier molecular flexibility index (Phi) is 13.3. The lowest BCUT2D eigenvalue weighted by Crippen LogP contribution is -2.52. The monoisotopic (exact) mass is 904 g/mol. The minimum Gasteiger partial charge on any atom is -0.508 e. The van der Waals surface area contributed by atoms with Gasteiger partial charge in [-0.2, -0.15) is 0 Å². The van der Waals surface area contributed by atoms with Crippen molar-refractivity contribution in [2.75, 3.05) is 20.1 Å². The van der Waals surface area contributed by atoms with Crippen LogP contribution in [0.25, 0.3) is 16.7 Å². The van der Waals surface area contributed by atoms with Crippen LogP contribution in [-0.2, 0) is 32.0 Å². The van der Waals surface area contributed by atoms with E-state index in [1.54, 1.807) is 6.07 Å². The summed E-state index contributed by atoms with van der Waals surface area (Å²) in [7, 11) is 1.95. The number of ether oxygens (including phenoxy) is 2. The molecular weight excluding hydrogens is 831 g/mol. The van der Waals surface area contributed by atoms with Crippen molar-refractivity contribution in [3.8, 4) is 16.9 Å². The number of allylic oxidation sites excluding steroid dienone is 5. The van der Waals surface area contributed by atoms with E-state index in [-0.39, 0.29) is 46.8 Å². The molecule has 3 aromatic carbocycles.